The zero-order valence-electron chi connectivity index (χ0n) is 12.1. The van der Waals surface area contributed by atoms with Crippen LogP contribution in [0.15, 0.2) is 0 Å². The molecule has 0 aromatic carbocycles. The van der Waals surface area contributed by atoms with Gasteiger partial charge < -0.3 is 0 Å². The summed E-state index contributed by atoms with van der Waals surface area (Å²) < 4.78 is 87.0. The molecule has 0 bridgehead atoms. The molecule has 128 valence electrons. The Morgan fingerprint density at radius 2 is 1.62 bits per heavy atom. The first-order valence-corrected chi connectivity index (χ1v) is 8.41. The zero-order chi connectivity index (χ0) is 16.7. The molecule has 21 heavy (non-hydrogen) atoms. The van der Waals surface area contributed by atoms with E-state index in [-0.39, 0.29) is 6.54 Å². The predicted octanol–water partition coefficient (Wildman–Crippen LogP) is 3.85. The van der Waals surface area contributed by atoms with Gasteiger partial charge in [-0.25, -0.2) is 13.1 Å². The van der Waals surface area contributed by atoms with E-state index in [0.717, 1.165) is 26.2 Å². The molecule has 0 aliphatic carbocycles. The van der Waals surface area contributed by atoms with Crippen molar-refractivity contribution >= 4 is 10.0 Å². The molecule has 0 amide bonds. The van der Waals surface area contributed by atoms with Gasteiger partial charge in [0.1, 0.15) is 0 Å². The summed E-state index contributed by atoms with van der Waals surface area (Å²) in [5, 5.41) is -1.29. The van der Waals surface area contributed by atoms with Crippen LogP contribution >= 0.6 is 0 Å². The van der Waals surface area contributed by atoms with E-state index in [1.165, 1.54) is 0 Å². The fourth-order valence-electron chi connectivity index (χ4n) is 1.59. The normalized spacial score (nSPS) is 15.2. The Kier molecular flexibility index (Phi) is 8.09. The van der Waals surface area contributed by atoms with Crippen molar-refractivity contribution < 1.29 is 30.4 Å². The molecule has 3 nitrogen and oxygen atoms in total. The SMILES string of the molecule is CCCCCCNS(=O)(=O)C(C)CCC(F)(F)C(F)(F)F. The molecule has 0 aliphatic heterocycles. The summed E-state index contributed by atoms with van der Waals surface area (Å²) in [5.41, 5.74) is 0. The zero-order valence-corrected chi connectivity index (χ0v) is 13.0. The van der Waals surface area contributed by atoms with Crippen molar-refractivity contribution in [2.24, 2.45) is 0 Å². The van der Waals surface area contributed by atoms with Gasteiger partial charge in [0.05, 0.1) is 5.25 Å². The standard InChI is InChI=1S/C12H22F5NO2S/c1-3-4-5-6-9-18-21(19,20)10(2)7-8-11(13,14)12(15,16)17/h10,18H,3-9H2,1-2H3. The molecule has 0 saturated carbocycles. The van der Waals surface area contributed by atoms with Crippen molar-refractivity contribution in [3.63, 3.8) is 0 Å². The van der Waals surface area contributed by atoms with Crippen LogP contribution in [0.4, 0.5) is 22.0 Å². The van der Waals surface area contributed by atoms with Gasteiger partial charge in [-0.15, -0.1) is 0 Å². The lowest BCUT2D eigenvalue weighted by molar-refractivity contribution is -0.284. The quantitative estimate of drug-likeness (QED) is 0.485. The second-order valence-electron chi connectivity index (χ2n) is 5.05. The summed E-state index contributed by atoms with van der Waals surface area (Å²) in [4.78, 5) is 0. The minimum Gasteiger partial charge on any atom is -0.215 e. The largest absolute Gasteiger partial charge is 0.453 e. The first kappa shape index (κ1) is 20.6. The van der Waals surface area contributed by atoms with Gasteiger partial charge in [-0.1, -0.05) is 26.2 Å². The summed E-state index contributed by atoms with van der Waals surface area (Å²) in [5.74, 6) is -4.86. The Morgan fingerprint density at radius 1 is 1.05 bits per heavy atom. The van der Waals surface area contributed by atoms with Gasteiger partial charge in [-0.2, -0.15) is 22.0 Å². The fourth-order valence-corrected chi connectivity index (χ4v) is 2.73. The lowest BCUT2D eigenvalue weighted by Gasteiger charge is -2.21. The molecule has 0 radical (unpaired) electrons. The van der Waals surface area contributed by atoms with Crippen molar-refractivity contribution in [3.05, 3.63) is 0 Å². The van der Waals surface area contributed by atoms with E-state index in [2.05, 4.69) is 4.72 Å². The molecule has 0 spiro atoms. The molecule has 0 aliphatic rings. The maximum Gasteiger partial charge on any atom is 0.453 e. The number of halogens is 5. The Balaban J connectivity index is 4.28. The first-order valence-electron chi connectivity index (χ1n) is 6.87. The van der Waals surface area contributed by atoms with Crippen molar-refractivity contribution in [2.75, 3.05) is 6.54 Å². The van der Waals surface area contributed by atoms with E-state index in [1.807, 2.05) is 6.92 Å². The van der Waals surface area contributed by atoms with Crippen LogP contribution in [0.2, 0.25) is 0 Å². The Bertz CT molecular complexity index is 395. The lowest BCUT2D eigenvalue weighted by atomic mass is 10.1. The molecule has 0 rings (SSSR count). The number of nitrogens with one attached hydrogen (secondary N) is 1. The molecule has 0 aromatic heterocycles. The second kappa shape index (κ2) is 8.26. The summed E-state index contributed by atoms with van der Waals surface area (Å²) in [6.45, 7) is 3.29. The van der Waals surface area contributed by atoms with E-state index < -0.39 is 40.2 Å². The highest BCUT2D eigenvalue weighted by Crippen LogP contribution is 2.39. The minimum absolute atomic E-state index is 0.169. The van der Waals surface area contributed by atoms with Gasteiger partial charge in [0, 0.05) is 13.0 Å². The van der Waals surface area contributed by atoms with Gasteiger partial charge in [0.25, 0.3) is 0 Å². The van der Waals surface area contributed by atoms with Crippen molar-refractivity contribution in [2.45, 2.75) is 69.7 Å². The molecule has 0 saturated heterocycles. The number of hydrogen-bond donors (Lipinski definition) is 1. The molecule has 1 N–H and O–H groups in total. The fraction of sp³-hybridized carbons (Fsp3) is 1.00. The van der Waals surface area contributed by atoms with Crippen LogP contribution in [0.3, 0.4) is 0 Å². The van der Waals surface area contributed by atoms with Crippen LogP contribution in [0.5, 0.6) is 0 Å². The van der Waals surface area contributed by atoms with Crippen LogP contribution < -0.4 is 4.72 Å². The number of sulfonamides is 1. The number of alkyl halides is 5. The molecule has 1 unspecified atom stereocenters. The molecule has 0 aromatic rings. The minimum atomic E-state index is -5.65. The smallest absolute Gasteiger partial charge is 0.215 e. The number of rotatable bonds is 10. The molecule has 9 heteroatoms. The highest BCUT2D eigenvalue weighted by atomic mass is 32.2. The monoisotopic (exact) mass is 339 g/mol. The Labute approximate surface area is 122 Å². The molecular weight excluding hydrogens is 317 g/mol. The molecule has 0 fully saturated rings. The van der Waals surface area contributed by atoms with Gasteiger partial charge >= 0.3 is 12.1 Å². The third-order valence-corrected chi connectivity index (χ3v) is 5.04. The number of unbranched alkanes of at least 4 members (excludes halogenated alkanes) is 3. The van der Waals surface area contributed by atoms with Gasteiger partial charge in [-0.3, -0.25) is 0 Å². The summed E-state index contributed by atoms with van der Waals surface area (Å²) in [6.07, 6.45) is -4.56. The predicted molar refractivity (Wildman–Crippen MR) is 70.8 cm³/mol. The highest BCUT2D eigenvalue weighted by molar-refractivity contribution is 7.90. The van der Waals surface area contributed by atoms with Crippen LogP contribution in [-0.2, 0) is 10.0 Å². The first-order chi connectivity index (χ1) is 9.44. The van der Waals surface area contributed by atoms with E-state index in [0.29, 0.717) is 6.42 Å². The topological polar surface area (TPSA) is 46.2 Å². The van der Waals surface area contributed by atoms with Crippen LogP contribution in [0.25, 0.3) is 0 Å². The van der Waals surface area contributed by atoms with Gasteiger partial charge in [0.15, 0.2) is 0 Å². The number of hydrogen-bond acceptors (Lipinski definition) is 2. The van der Waals surface area contributed by atoms with E-state index in [4.69, 9.17) is 0 Å². The summed E-state index contributed by atoms with van der Waals surface area (Å²) in [7, 11) is -3.87. The second-order valence-corrected chi connectivity index (χ2v) is 7.23. The van der Waals surface area contributed by atoms with Crippen LogP contribution in [0.1, 0.15) is 52.4 Å². The molecule has 0 heterocycles. The summed E-state index contributed by atoms with van der Waals surface area (Å²) in [6, 6.07) is 0. The molecular formula is C12H22F5NO2S. The van der Waals surface area contributed by atoms with E-state index in [9.17, 15) is 30.4 Å². The average Bonchev–Trinajstić information content (AvgIpc) is 2.34. The molecule has 1 atom stereocenters. The van der Waals surface area contributed by atoms with Crippen molar-refractivity contribution in [1.29, 1.82) is 0 Å². The maximum absolute atomic E-state index is 12.7. The van der Waals surface area contributed by atoms with Gasteiger partial charge in [0.2, 0.25) is 10.0 Å². The third-order valence-electron chi connectivity index (χ3n) is 3.14. The van der Waals surface area contributed by atoms with Crippen molar-refractivity contribution in [1.82, 2.24) is 4.72 Å². The Hall–Kier alpha value is -0.440. The van der Waals surface area contributed by atoms with E-state index in [1.54, 1.807) is 0 Å². The highest BCUT2D eigenvalue weighted by Gasteiger charge is 2.56. The Morgan fingerprint density at radius 3 is 2.10 bits per heavy atom. The maximum atomic E-state index is 12.7. The summed E-state index contributed by atoms with van der Waals surface area (Å²) >= 11 is 0. The van der Waals surface area contributed by atoms with Crippen LogP contribution in [0, 0.1) is 0 Å². The average molecular weight is 339 g/mol. The third kappa shape index (κ3) is 7.39. The van der Waals surface area contributed by atoms with Crippen molar-refractivity contribution in [3.8, 4) is 0 Å². The lowest BCUT2D eigenvalue weighted by Crippen LogP contribution is -2.39. The van der Waals surface area contributed by atoms with Crippen LogP contribution in [-0.4, -0.2) is 32.3 Å². The van der Waals surface area contributed by atoms with Gasteiger partial charge in [-0.05, 0) is 19.8 Å². The van der Waals surface area contributed by atoms with E-state index >= 15 is 0 Å².